The summed E-state index contributed by atoms with van der Waals surface area (Å²) in [5.41, 5.74) is 2.39. The van der Waals surface area contributed by atoms with Crippen molar-refractivity contribution in [1.29, 1.82) is 0 Å². The first-order chi connectivity index (χ1) is 14.0. The average molecular weight is 389 g/mol. The van der Waals surface area contributed by atoms with Gasteiger partial charge in [-0.2, -0.15) is 9.78 Å². The summed E-state index contributed by atoms with van der Waals surface area (Å²) >= 11 is 0. The molecule has 0 saturated carbocycles. The highest BCUT2D eigenvalue weighted by atomic mass is 16.2. The lowest BCUT2D eigenvalue weighted by Gasteiger charge is -2.20. The van der Waals surface area contributed by atoms with Crippen molar-refractivity contribution < 1.29 is 9.59 Å². The van der Waals surface area contributed by atoms with Crippen molar-refractivity contribution in [2.75, 3.05) is 10.3 Å². The number of nitrogens with zero attached hydrogens (tertiary/aromatic N) is 6. The number of aryl methyl sites for hydroxylation is 1. The van der Waals surface area contributed by atoms with Gasteiger partial charge in [0.05, 0.1) is 11.4 Å². The third-order valence-electron chi connectivity index (χ3n) is 4.64. The van der Waals surface area contributed by atoms with Crippen LogP contribution in [0.2, 0.25) is 0 Å². The molecule has 0 saturated heterocycles. The number of benzene rings is 2. The van der Waals surface area contributed by atoms with Crippen LogP contribution in [-0.4, -0.2) is 43.7 Å². The monoisotopic (exact) mass is 389 g/mol. The first-order valence-electron chi connectivity index (χ1n) is 9.12. The summed E-state index contributed by atoms with van der Waals surface area (Å²) in [6, 6.07) is 16.0. The second-order valence-electron chi connectivity index (χ2n) is 6.70. The molecule has 2 heterocycles. The van der Waals surface area contributed by atoms with Gasteiger partial charge in [0.15, 0.2) is 11.6 Å². The lowest BCUT2D eigenvalue weighted by molar-refractivity contribution is -0.118. The van der Waals surface area contributed by atoms with Gasteiger partial charge < -0.3 is 5.32 Å². The Labute approximate surface area is 167 Å². The molecule has 4 rings (SSSR count). The van der Waals surface area contributed by atoms with Gasteiger partial charge in [0, 0.05) is 12.1 Å². The average Bonchev–Trinajstić information content (AvgIpc) is 3.35. The lowest BCUT2D eigenvalue weighted by Crippen LogP contribution is -2.33. The molecule has 2 aromatic carbocycles. The van der Waals surface area contributed by atoms with Crippen molar-refractivity contribution in [3.8, 4) is 5.69 Å². The zero-order valence-corrected chi connectivity index (χ0v) is 16.0. The number of ketones is 1. The molecule has 1 aliphatic heterocycles. The minimum absolute atomic E-state index is 0.0449. The van der Waals surface area contributed by atoms with E-state index >= 15 is 0 Å². The summed E-state index contributed by atoms with van der Waals surface area (Å²) in [7, 11) is 0. The van der Waals surface area contributed by atoms with E-state index in [4.69, 9.17) is 0 Å². The maximum atomic E-state index is 12.8. The lowest BCUT2D eigenvalue weighted by atomic mass is 10.1. The van der Waals surface area contributed by atoms with Crippen LogP contribution >= 0.6 is 0 Å². The number of Topliss-reactive ketones (excluding diaryl/α,β-unsaturated/α-hetero) is 1. The Morgan fingerprint density at radius 2 is 1.83 bits per heavy atom. The third kappa shape index (κ3) is 3.75. The van der Waals surface area contributed by atoms with Gasteiger partial charge in [-0.1, -0.05) is 24.3 Å². The number of para-hydroxylation sites is 1. The molecule has 146 valence electrons. The minimum atomic E-state index is -0.492. The van der Waals surface area contributed by atoms with Gasteiger partial charge in [-0.05, 0) is 54.6 Å². The molecule has 1 atom stereocenters. The Balaban J connectivity index is 1.56. The van der Waals surface area contributed by atoms with Gasteiger partial charge >= 0.3 is 0 Å². The molecule has 0 fully saturated rings. The highest BCUT2D eigenvalue weighted by Crippen LogP contribution is 2.25. The Hall–Kier alpha value is -3.88. The molecule has 0 radical (unpaired) electrons. The SMILES string of the molecule is CC(=O)C1CC(C(=O)Nc2cccc(-n3nnnc3C)c2)=NN1c1ccccc1. The van der Waals surface area contributed by atoms with E-state index < -0.39 is 6.04 Å². The zero-order valence-electron chi connectivity index (χ0n) is 16.0. The van der Waals surface area contributed by atoms with Gasteiger partial charge in [-0.25, -0.2) is 0 Å². The molecule has 0 bridgehead atoms. The second kappa shape index (κ2) is 7.63. The number of nitrogens with one attached hydrogen (secondary N) is 1. The Morgan fingerprint density at radius 3 is 2.52 bits per heavy atom. The number of carbonyl (C=O) groups is 2. The molecule has 1 N–H and O–H groups in total. The predicted molar refractivity (Wildman–Crippen MR) is 108 cm³/mol. The maximum Gasteiger partial charge on any atom is 0.271 e. The molecule has 0 aliphatic carbocycles. The van der Waals surface area contributed by atoms with Crippen LogP contribution in [0.25, 0.3) is 5.69 Å². The van der Waals surface area contributed by atoms with Crippen LogP contribution in [0.3, 0.4) is 0 Å². The van der Waals surface area contributed by atoms with Crippen LogP contribution in [-0.2, 0) is 9.59 Å². The van der Waals surface area contributed by atoms with E-state index in [0.717, 1.165) is 11.4 Å². The summed E-state index contributed by atoms with van der Waals surface area (Å²) in [5, 5.41) is 20.3. The van der Waals surface area contributed by atoms with Crippen LogP contribution in [0.1, 0.15) is 19.2 Å². The minimum Gasteiger partial charge on any atom is -0.321 e. The van der Waals surface area contributed by atoms with Crippen molar-refractivity contribution in [3.63, 3.8) is 0 Å². The van der Waals surface area contributed by atoms with E-state index in [-0.39, 0.29) is 18.1 Å². The number of aromatic nitrogens is 4. The number of anilines is 2. The van der Waals surface area contributed by atoms with Crippen molar-refractivity contribution in [3.05, 3.63) is 60.4 Å². The molecule has 1 aromatic heterocycles. The fourth-order valence-electron chi connectivity index (χ4n) is 3.17. The molecular formula is C20H19N7O2. The molecule has 9 nitrogen and oxygen atoms in total. The van der Waals surface area contributed by atoms with E-state index in [2.05, 4.69) is 25.9 Å². The number of amides is 1. The standard InChI is InChI=1S/C20H19N7O2/c1-13(28)19-12-18(23-27(19)16-8-4-3-5-9-16)20(29)21-15-7-6-10-17(11-15)26-14(2)22-24-25-26/h3-11,19H,12H2,1-2H3,(H,21,29). The van der Waals surface area contributed by atoms with Gasteiger partial charge in [0.1, 0.15) is 11.8 Å². The molecular weight excluding hydrogens is 370 g/mol. The van der Waals surface area contributed by atoms with Gasteiger partial charge in [0.25, 0.3) is 5.91 Å². The Morgan fingerprint density at radius 1 is 1.07 bits per heavy atom. The summed E-state index contributed by atoms with van der Waals surface area (Å²) in [6.45, 7) is 3.30. The Kier molecular flexibility index (Phi) is 4.86. The highest BCUT2D eigenvalue weighted by molar-refractivity contribution is 6.44. The van der Waals surface area contributed by atoms with Crippen molar-refractivity contribution in [2.24, 2.45) is 5.10 Å². The molecule has 1 unspecified atom stereocenters. The number of hydrogen-bond acceptors (Lipinski definition) is 7. The van der Waals surface area contributed by atoms with E-state index in [1.54, 1.807) is 34.8 Å². The van der Waals surface area contributed by atoms with E-state index in [1.807, 2.05) is 36.4 Å². The fourth-order valence-corrected chi connectivity index (χ4v) is 3.17. The smallest absolute Gasteiger partial charge is 0.271 e. The van der Waals surface area contributed by atoms with Crippen LogP contribution in [0.4, 0.5) is 11.4 Å². The third-order valence-corrected chi connectivity index (χ3v) is 4.64. The van der Waals surface area contributed by atoms with Crippen molar-refractivity contribution in [1.82, 2.24) is 20.2 Å². The number of hydrogen-bond donors (Lipinski definition) is 1. The number of rotatable bonds is 5. The van der Waals surface area contributed by atoms with Gasteiger partial charge in [-0.15, -0.1) is 5.10 Å². The Bertz CT molecular complexity index is 1090. The normalized spacial score (nSPS) is 15.9. The van der Waals surface area contributed by atoms with Crippen LogP contribution < -0.4 is 10.3 Å². The van der Waals surface area contributed by atoms with Gasteiger partial charge in [-0.3, -0.25) is 14.6 Å². The molecule has 1 amide bonds. The molecule has 0 spiro atoms. The number of tetrazole rings is 1. The van der Waals surface area contributed by atoms with E-state index in [9.17, 15) is 9.59 Å². The second-order valence-corrected chi connectivity index (χ2v) is 6.70. The quantitative estimate of drug-likeness (QED) is 0.717. The topological polar surface area (TPSA) is 105 Å². The fraction of sp³-hybridized carbons (Fsp3) is 0.200. The molecule has 3 aromatic rings. The summed E-state index contributed by atoms with van der Waals surface area (Å²) in [6.07, 6.45) is 0.252. The van der Waals surface area contributed by atoms with Crippen LogP contribution in [0.15, 0.2) is 59.7 Å². The molecule has 1 aliphatic rings. The van der Waals surface area contributed by atoms with Crippen molar-refractivity contribution >= 4 is 28.8 Å². The summed E-state index contributed by atoms with van der Waals surface area (Å²) in [5.74, 6) is 0.244. The van der Waals surface area contributed by atoms with E-state index in [1.165, 1.54) is 6.92 Å². The van der Waals surface area contributed by atoms with Crippen LogP contribution in [0, 0.1) is 6.92 Å². The zero-order chi connectivity index (χ0) is 20.4. The predicted octanol–water partition coefficient (Wildman–Crippen LogP) is 2.13. The maximum absolute atomic E-state index is 12.8. The first-order valence-corrected chi connectivity index (χ1v) is 9.12. The molecule has 9 heteroatoms. The van der Waals surface area contributed by atoms with Crippen molar-refractivity contribution in [2.45, 2.75) is 26.3 Å². The summed E-state index contributed by atoms with van der Waals surface area (Å²) < 4.78 is 1.58. The number of carbonyl (C=O) groups excluding carboxylic acids is 2. The van der Waals surface area contributed by atoms with Crippen LogP contribution in [0.5, 0.6) is 0 Å². The highest BCUT2D eigenvalue weighted by Gasteiger charge is 2.34. The first kappa shape index (κ1) is 18.5. The molecule has 29 heavy (non-hydrogen) atoms. The number of hydrazone groups is 1. The van der Waals surface area contributed by atoms with Gasteiger partial charge in [0.2, 0.25) is 0 Å². The summed E-state index contributed by atoms with van der Waals surface area (Å²) in [4.78, 5) is 24.9. The van der Waals surface area contributed by atoms with E-state index in [0.29, 0.717) is 17.2 Å². The largest absolute Gasteiger partial charge is 0.321 e.